The van der Waals surface area contributed by atoms with Crippen molar-refractivity contribution in [2.75, 3.05) is 7.11 Å². The first-order valence-electron chi connectivity index (χ1n) is 11.7. The van der Waals surface area contributed by atoms with E-state index < -0.39 is 35.9 Å². The number of hydrogen-bond donors (Lipinski definition) is 0. The highest BCUT2D eigenvalue weighted by Crippen LogP contribution is 2.50. The molecule has 0 spiro atoms. The average Bonchev–Trinajstić information content (AvgIpc) is 3.30. The Bertz CT molecular complexity index is 913. The molecule has 1 aromatic carbocycles. The van der Waals surface area contributed by atoms with Crippen molar-refractivity contribution in [1.29, 1.82) is 0 Å². The van der Waals surface area contributed by atoms with Gasteiger partial charge in [0.2, 0.25) is 5.91 Å². The van der Waals surface area contributed by atoms with Crippen LogP contribution < -0.4 is 0 Å². The second-order valence-electron chi connectivity index (χ2n) is 10.4. The Kier molecular flexibility index (Phi) is 6.16. The maximum Gasteiger partial charge on any atom is 0.417 e. The van der Waals surface area contributed by atoms with E-state index in [9.17, 15) is 14.4 Å². The quantitative estimate of drug-likeness (QED) is 0.659. The van der Waals surface area contributed by atoms with E-state index in [2.05, 4.69) is 0 Å². The van der Waals surface area contributed by atoms with Gasteiger partial charge in [-0.2, -0.15) is 0 Å². The predicted molar refractivity (Wildman–Crippen MR) is 120 cm³/mol. The number of methoxy groups -OCH3 is 1. The maximum absolute atomic E-state index is 13.5. The minimum Gasteiger partial charge on any atom is -0.444 e. The van der Waals surface area contributed by atoms with Gasteiger partial charge in [-0.15, -0.1) is 0 Å². The second-order valence-corrected chi connectivity index (χ2v) is 10.4. The van der Waals surface area contributed by atoms with Crippen molar-refractivity contribution in [2.24, 2.45) is 11.8 Å². The molecule has 1 aliphatic carbocycles. The third-order valence-electron chi connectivity index (χ3n) is 6.92. The molecular formula is C25H34N2O6. The molecule has 1 aromatic rings. The summed E-state index contributed by atoms with van der Waals surface area (Å²) in [6.45, 7) is 9.08. The fraction of sp³-hybridized carbons (Fsp3) is 0.640. The van der Waals surface area contributed by atoms with Gasteiger partial charge in [-0.3, -0.25) is 9.69 Å². The van der Waals surface area contributed by atoms with Crippen molar-refractivity contribution in [3.05, 3.63) is 35.9 Å². The van der Waals surface area contributed by atoms with E-state index in [1.165, 1.54) is 4.90 Å². The van der Waals surface area contributed by atoms with E-state index in [0.717, 1.165) is 18.4 Å². The Morgan fingerprint density at radius 2 is 1.82 bits per heavy atom. The summed E-state index contributed by atoms with van der Waals surface area (Å²) in [5.41, 5.74) is 0.233. The number of carbonyl (C=O) groups excluding carboxylic acids is 3. The summed E-state index contributed by atoms with van der Waals surface area (Å²) in [6, 6.07) is 8.80. The molecule has 1 saturated carbocycles. The van der Waals surface area contributed by atoms with Crippen molar-refractivity contribution in [3.63, 3.8) is 0 Å². The molecule has 3 amide bonds. The maximum atomic E-state index is 13.5. The molecule has 3 fully saturated rings. The first-order valence-corrected chi connectivity index (χ1v) is 11.7. The highest BCUT2D eigenvalue weighted by Gasteiger charge is 2.58. The molecule has 2 heterocycles. The van der Waals surface area contributed by atoms with Gasteiger partial charge in [0.25, 0.3) is 0 Å². The average molecular weight is 459 g/mol. The number of carbonyl (C=O) groups is 3. The van der Waals surface area contributed by atoms with Crippen molar-refractivity contribution < 1.29 is 28.6 Å². The van der Waals surface area contributed by atoms with Gasteiger partial charge in [0, 0.05) is 13.2 Å². The van der Waals surface area contributed by atoms with E-state index in [1.54, 1.807) is 18.9 Å². The second kappa shape index (κ2) is 8.63. The number of amides is 3. The number of imide groups is 1. The third-order valence-corrected chi connectivity index (χ3v) is 6.92. The van der Waals surface area contributed by atoms with Gasteiger partial charge in [-0.1, -0.05) is 37.3 Å². The number of likely N-dealkylation sites (tertiary alicyclic amines) is 1. The summed E-state index contributed by atoms with van der Waals surface area (Å²) < 4.78 is 17.0. The highest BCUT2D eigenvalue weighted by molar-refractivity contribution is 5.95. The van der Waals surface area contributed by atoms with Crippen LogP contribution in [0.25, 0.3) is 0 Å². The molecule has 0 bridgehead atoms. The fourth-order valence-electron chi connectivity index (χ4n) is 5.27. The van der Waals surface area contributed by atoms with E-state index >= 15 is 0 Å². The van der Waals surface area contributed by atoms with E-state index in [4.69, 9.17) is 14.2 Å². The molecule has 4 rings (SSSR count). The Hall–Kier alpha value is -2.61. The zero-order valence-corrected chi connectivity index (χ0v) is 20.2. The van der Waals surface area contributed by atoms with Crippen LogP contribution in [0.3, 0.4) is 0 Å². The highest BCUT2D eigenvalue weighted by atomic mass is 16.6. The number of benzene rings is 1. The normalized spacial score (nSPS) is 30.5. The number of rotatable bonds is 5. The largest absolute Gasteiger partial charge is 0.444 e. The number of piperidine rings is 1. The van der Waals surface area contributed by atoms with Crippen molar-refractivity contribution in [2.45, 2.75) is 83.4 Å². The summed E-state index contributed by atoms with van der Waals surface area (Å²) in [5, 5.41) is 0. The summed E-state index contributed by atoms with van der Waals surface area (Å²) in [6.07, 6.45) is -0.407. The van der Waals surface area contributed by atoms with Gasteiger partial charge in [-0.05, 0) is 52.0 Å². The Balaban J connectivity index is 1.51. The standard InChI is InChI=1S/C25H34N2O6/c1-14(22(28)26-15(2)21(32-23(26)29)16-10-8-7-9-11-16)20(31-6)19-13-17-12-18(17)27(19)24(30)33-25(3,4)5/h7-11,14-15,17-21H,12-13H2,1-6H3/t14-,15-,17+,18?,19+,20?,21?/m1/s1. The lowest BCUT2D eigenvalue weighted by molar-refractivity contribution is -0.139. The number of nitrogens with zero attached hydrogens (tertiary/aromatic N) is 2. The molecule has 33 heavy (non-hydrogen) atoms. The fourth-order valence-corrected chi connectivity index (χ4v) is 5.27. The van der Waals surface area contributed by atoms with Crippen LogP contribution in [0.2, 0.25) is 0 Å². The predicted octanol–water partition coefficient (Wildman–Crippen LogP) is 4.14. The van der Waals surface area contributed by atoms with Gasteiger partial charge in [0.05, 0.1) is 24.1 Å². The lowest BCUT2D eigenvalue weighted by Crippen LogP contribution is -2.53. The number of ether oxygens (including phenoxy) is 3. The Labute approximate surface area is 195 Å². The number of cyclic esters (lactones) is 1. The molecular weight excluding hydrogens is 424 g/mol. The van der Waals surface area contributed by atoms with Gasteiger partial charge in [0.15, 0.2) is 0 Å². The van der Waals surface area contributed by atoms with Crippen LogP contribution in [0.4, 0.5) is 9.59 Å². The van der Waals surface area contributed by atoms with Crippen LogP contribution in [0.1, 0.15) is 59.1 Å². The molecule has 8 nitrogen and oxygen atoms in total. The van der Waals surface area contributed by atoms with Crippen molar-refractivity contribution >= 4 is 18.1 Å². The van der Waals surface area contributed by atoms with Crippen LogP contribution >= 0.6 is 0 Å². The van der Waals surface area contributed by atoms with Crippen LogP contribution in [0.15, 0.2) is 30.3 Å². The van der Waals surface area contributed by atoms with Gasteiger partial charge < -0.3 is 14.2 Å². The lowest BCUT2D eigenvalue weighted by atomic mass is 9.92. The molecule has 3 unspecified atom stereocenters. The molecule has 0 radical (unpaired) electrons. The van der Waals surface area contributed by atoms with Gasteiger partial charge in [0.1, 0.15) is 11.7 Å². The Morgan fingerprint density at radius 3 is 2.42 bits per heavy atom. The smallest absolute Gasteiger partial charge is 0.417 e. The molecule has 3 aliphatic rings. The monoisotopic (exact) mass is 458 g/mol. The minimum atomic E-state index is -0.652. The van der Waals surface area contributed by atoms with E-state index in [-0.39, 0.29) is 24.1 Å². The van der Waals surface area contributed by atoms with Crippen molar-refractivity contribution in [3.8, 4) is 0 Å². The molecule has 7 atom stereocenters. The van der Waals surface area contributed by atoms with E-state index in [0.29, 0.717) is 5.92 Å². The summed E-state index contributed by atoms with van der Waals surface area (Å²) in [4.78, 5) is 42.1. The SMILES string of the molecule is COC([C@@H](C)C(=O)N1C(=O)OC(c2ccccc2)[C@H]1C)[C@@H]1C[C@@H]2CC2N1C(=O)OC(C)(C)C. The van der Waals surface area contributed by atoms with Crippen molar-refractivity contribution in [1.82, 2.24) is 9.80 Å². The first-order chi connectivity index (χ1) is 15.5. The number of hydrogen-bond acceptors (Lipinski definition) is 6. The zero-order chi connectivity index (χ0) is 24.1. The van der Waals surface area contributed by atoms with Crippen LogP contribution in [-0.4, -0.2) is 64.8 Å². The topological polar surface area (TPSA) is 85.4 Å². The summed E-state index contributed by atoms with van der Waals surface area (Å²) in [7, 11) is 1.55. The summed E-state index contributed by atoms with van der Waals surface area (Å²) in [5.74, 6) is -0.602. The first kappa shape index (κ1) is 23.5. The van der Waals surface area contributed by atoms with Crippen LogP contribution in [0, 0.1) is 11.8 Å². The minimum absolute atomic E-state index is 0.128. The lowest BCUT2D eigenvalue weighted by Gasteiger charge is -2.37. The molecule has 180 valence electrons. The molecule has 2 saturated heterocycles. The zero-order valence-electron chi connectivity index (χ0n) is 20.2. The molecule has 8 heteroatoms. The third kappa shape index (κ3) is 4.45. The molecule has 0 aromatic heterocycles. The van der Waals surface area contributed by atoms with Gasteiger partial charge in [-0.25, -0.2) is 14.5 Å². The van der Waals surface area contributed by atoms with Gasteiger partial charge >= 0.3 is 12.2 Å². The van der Waals surface area contributed by atoms with Crippen LogP contribution in [0.5, 0.6) is 0 Å². The van der Waals surface area contributed by atoms with E-state index in [1.807, 2.05) is 58.0 Å². The Morgan fingerprint density at radius 1 is 1.15 bits per heavy atom. The summed E-state index contributed by atoms with van der Waals surface area (Å²) >= 11 is 0. The van der Waals surface area contributed by atoms with Crippen LogP contribution in [-0.2, 0) is 19.0 Å². The molecule has 2 aliphatic heterocycles. The molecule has 0 N–H and O–H groups in total. The number of fused-ring (bicyclic) bond motifs is 1.